The Kier molecular flexibility index (Phi) is 3.71. The summed E-state index contributed by atoms with van der Waals surface area (Å²) in [5, 5.41) is 0. The van der Waals surface area contributed by atoms with Crippen molar-refractivity contribution < 1.29 is 14.3 Å². The highest BCUT2D eigenvalue weighted by Crippen LogP contribution is 2.19. The summed E-state index contributed by atoms with van der Waals surface area (Å²) in [5.41, 5.74) is 1.63. The first-order valence-corrected chi connectivity index (χ1v) is 5.55. The molecule has 1 rings (SSSR count). The fourth-order valence-electron chi connectivity index (χ4n) is 1.64. The molecule has 0 fully saturated rings. The zero-order valence-corrected chi connectivity index (χ0v) is 11.0. The van der Waals surface area contributed by atoms with Gasteiger partial charge in [-0.1, -0.05) is 12.1 Å². The first-order valence-electron chi connectivity index (χ1n) is 5.55. The predicted octanol–water partition coefficient (Wildman–Crippen LogP) is 2.83. The van der Waals surface area contributed by atoms with E-state index in [1.165, 1.54) is 6.92 Å². The van der Waals surface area contributed by atoms with Crippen LogP contribution < -0.4 is 0 Å². The normalized spacial score (nSPS) is 11.1. The number of carbonyl (C=O) groups is 2. The van der Waals surface area contributed by atoms with Gasteiger partial charge in [-0.25, -0.2) is 0 Å². The average molecular weight is 234 g/mol. The van der Waals surface area contributed by atoms with Crippen molar-refractivity contribution in [1.82, 2.24) is 0 Å². The number of Topliss-reactive ketones (excluding diaryl/α,β-unsaturated/α-hetero) is 1. The van der Waals surface area contributed by atoms with E-state index in [1.54, 1.807) is 19.9 Å². The van der Waals surface area contributed by atoms with Gasteiger partial charge < -0.3 is 4.74 Å². The number of aryl methyl sites for hydroxylation is 2. The molecule has 3 heteroatoms. The summed E-state index contributed by atoms with van der Waals surface area (Å²) in [5.74, 6) is -0.636. The van der Waals surface area contributed by atoms with Gasteiger partial charge >= 0.3 is 5.97 Å². The number of hydrogen-bond acceptors (Lipinski definition) is 3. The van der Waals surface area contributed by atoms with Gasteiger partial charge in [0, 0.05) is 12.5 Å². The fraction of sp³-hybridized carbons (Fsp3) is 0.429. The molecule has 0 aliphatic rings. The summed E-state index contributed by atoms with van der Waals surface area (Å²) in [6.45, 7) is 8.44. The summed E-state index contributed by atoms with van der Waals surface area (Å²) >= 11 is 0. The Morgan fingerprint density at radius 2 is 1.71 bits per heavy atom. The topological polar surface area (TPSA) is 43.4 Å². The zero-order valence-electron chi connectivity index (χ0n) is 11.0. The number of benzene rings is 1. The lowest BCUT2D eigenvalue weighted by Crippen LogP contribution is -2.36. The van der Waals surface area contributed by atoms with Crippen LogP contribution in [-0.4, -0.2) is 17.4 Å². The van der Waals surface area contributed by atoms with E-state index in [1.807, 2.05) is 26.0 Å². The number of hydrogen-bond donors (Lipinski definition) is 0. The van der Waals surface area contributed by atoms with Crippen molar-refractivity contribution in [2.75, 3.05) is 0 Å². The highest BCUT2D eigenvalue weighted by molar-refractivity contribution is 6.03. The maximum Gasteiger partial charge on any atom is 0.303 e. The van der Waals surface area contributed by atoms with Crippen LogP contribution in [0.4, 0.5) is 0 Å². The number of rotatable bonds is 3. The minimum atomic E-state index is -1.12. The Bertz CT molecular complexity index is 459. The Morgan fingerprint density at radius 3 is 2.18 bits per heavy atom. The lowest BCUT2D eigenvalue weighted by Gasteiger charge is -2.23. The van der Waals surface area contributed by atoms with E-state index in [0.717, 1.165) is 11.1 Å². The van der Waals surface area contributed by atoms with E-state index in [9.17, 15) is 9.59 Å². The van der Waals surface area contributed by atoms with Gasteiger partial charge in [-0.2, -0.15) is 0 Å². The number of esters is 1. The molecule has 0 bridgehead atoms. The van der Waals surface area contributed by atoms with Crippen LogP contribution in [0.2, 0.25) is 0 Å². The van der Waals surface area contributed by atoms with Crippen molar-refractivity contribution >= 4 is 11.8 Å². The van der Waals surface area contributed by atoms with Gasteiger partial charge in [0.15, 0.2) is 5.60 Å². The third kappa shape index (κ3) is 3.16. The molecule has 0 amide bonds. The highest BCUT2D eigenvalue weighted by atomic mass is 16.6. The molecule has 0 spiro atoms. The van der Waals surface area contributed by atoms with Gasteiger partial charge in [0.25, 0.3) is 0 Å². The van der Waals surface area contributed by atoms with Gasteiger partial charge in [0.1, 0.15) is 0 Å². The summed E-state index contributed by atoms with van der Waals surface area (Å²) in [7, 11) is 0. The number of ketones is 1. The lowest BCUT2D eigenvalue weighted by atomic mass is 9.94. The Balaban J connectivity index is 3.03. The molecule has 92 valence electrons. The van der Waals surface area contributed by atoms with Crippen LogP contribution in [0.3, 0.4) is 0 Å². The molecule has 1 aromatic carbocycles. The number of ether oxygens (including phenoxy) is 1. The van der Waals surface area contributed by atoms with Gasteiger partial charge in [0.05, 0.1) is 0 Å². The molecule has 0 atom stereocenters. The summed E-state index contributed by atoms with van der Waals surface area (Å²) in [6.07, 6.45) is 0. The molecular formula is C14H18O3. The van der Waals surface area contributed by atoms with Crippen molar-refractivity contribution in [3.63, 3.8) is 0 Å². The second-order valence-electron chi connectivity index (χ2n) is 4.73. The third-order valence-corrected chi connectivity index (χ3v) is 2.71. The van der Waals surface area contributed by atoms with Crippen LogP contribution in [0.1, 0.15) is 42.3 Å². The van der Waals surface area contributed by atoms with E-state index < -0.39 is 11.6 Å². The Morgan fingerprint density at radius 1 is 1.12 bits per heavy atom. The van der Waals surface area contributed by atoms with Crippen molar-refractivity contribution in [2.24, 2.45) is 0 Å². The second kappa shape index (κ2) is 4.70. The largest absolute Gasteiger partial charge is 0.451 e. The minimum Gasteiger partial charge on any atom is -0.451 e. The van der Waals surface area contributed by atoms with E-state index in [2.05, 4.69) is 0 Å². The summed E-state index contributed by atoms with van der Waals surface area (Å²) in [4.78, 5) is 23.1. The molecule has 1 aromatic rings. The zero-order chi connectivity index (χ0) is 13.2. The summed E-state index contributed by atoms with van der Waals surface area (Å²) in [6, 6.07) is 5.48. The van der Waals surface area contributed by atoms with Crippen molar-refractivity contribution in [1.29, 1.82) is 0 Å². The average Bonchev–Trinajstić information content (AvgIpc) is 2.19. The van der Waals surface area contributed by atoms with E-state index >= 15 is 0 Å². The highest BCUT2D eigenvalue weighted by Gasteiger charge is 2.31. The first-order chi connectivity index (χ1) is 7.74. The molecule has 0 aromatic heterocycles. The standard InChI is InChI=1S/C14H18O3/c1-9-6-7-12(8-10(9)2)13(16)14(4,5)17-11(3)15/h6-8H,1-5H3. The molecule has 17 heavy (non-hydrogen) atoms. The third-order valence-electron chi connectivity index (χ3n) is 2.71. The van der Waals surface area contributed by atoms with E-state index in [0.29, 0.717) is 5.56 Å². The molecular weight excluding hydrogens is 216 g/mol. The van der Waals surface area contributed by atoms with Gasteiger partial charge in [-0.3, -0.25) is 9.59 Å². The van der Waals surface area contributed by atoms with Crippen molar-refractivity contribution in [3.8, 4) is 0 Å². The van der Waals surface area contributed by atoms with Crippen LogP contribution in [0.15, 0.2) is 18.2 Å². The monoisotopic (exact) mass is 234 g/mol. The molecule has 0 unspecified atom stereocenters. The fourth-order valence-corrected chi connectivity index (χ4v) is 1.64. The van der Waals surface area contributed by atoms with Crippen LogP contribution in [0.5, 0.6) is 0 Å². The van der Waals surface area contributed by atoms with Gasteiger partial charge in [0.2, 0.25) is 5.78 Å². The minimum absolute atomic E-state index is 0.184. The predicted molar refractivity (Wildman–Crippen MR) is 66.1 cm³/mol. The molecule has 0 N–H and O–H groups in total. The van der Waals surface area contributed by atoms with E-state index in [4.69, 9.17) is 4.74 Å². The molecule has 0 aliphatic heterocycles. The van der Waals surface area contributed by atoms with Crippen LogP contribution >= 0.6 is 0 Å². The van der Waals surface area contributed by atoms with Gasteiger partial charge in [-0.15, -0.1) is 0 Å². The molecule has 0 saturated heterocycles. The van der Waals surface area contributed by atoms with Crippen LogP contribution in [-0.2, 0) is 9.53 Å². The van der Waals surface area contributed by atoms with Crippen molar-refractivity contribution in [3.05, 3.63) is 34.9 Å². The first kappa shape index (κ1) is 13.4. The second-order valence-corrected chi connectivity index (χ2v) is 4.73. The van der Waals surface area contributed by atoms with Crippen LogP contribution in [0, 0.1) is 13.8 Å². The molecule has 0 aliphatic carbocycles. The van der Waals surface area contributed by atoms with Crippen LogP contribution in [0.25, 0.3) is 0 Å². The summed E-state index contributed by atoms with van der Waals surface area (Å²) < 4.78 is 5.04. The quantitative estimate of drug-likeness (QED) is 0.596. The smallest absolute Gasteiger partial charge is 0.303 e. The lowest BCUT2D eigenvalue weighted by molar-refractivity contribution is -0.149. The molecule has 3 nitrogen and oxygen atoms in total. The molecule has 0 heterocycles. The maximum atomic E-state index is 12.2. The van der Waals surface area contributed by atoms with E-state index in [-0.39, 0.29) is 5.78 Å². The molecule has 0 saturated carbocycles. The van der Waals surface area contributed by atoms with Gasteiger partial charge in [-0.05, 0) is 44.9 Å². The van der Waals surface area contributed by atoms with Crippen molar-refractivity contribution in [2.45, 2.75) is 40.2 Å². The maximum absolute atomic E-state index is 12.2. The SMILES string of the molecule is CC(=O)OC(C)(C)C(=O)c1ccc(C)c(C)c1. The molecule has 0 radical (unpaired) electrons. The Hall–Kier alpha value is -1.64. The Labute approximate surface area is 102 Å². The number of carbonyl (C=O) groups excluding carboxylic acids is 2.